The molecule has 0 aromatic carbocycles. The maximum atomic E-state index is 4.63. The summed E-state index contributed by atoms with van der Waals surface area (Å²) in [6, 6.07) is 1.96. The number of rotatable bonds is 4. The van der Waals surface area contributed by atoms with Crippen molar-refractivity contribution < 1.29 is 4.52 Å². The predicted octanol–water partition coefficient (Wildman–Crippen LogP) is 1.88. The van der Waals surface area contributed by atoms with E-state index in [1.807, 2.05) is 6.07 Å². The monoisotopic (exact) mass is 268 g/mol. The van der Waals surface area contributed by atoms with Crippen LogP contribution in [0.2, 0.25) is 0 Å². The van der Waals surface area contributed by atoms with Crippen LogP contribution in [0.1, 0.15) is 5.82 Å². The van der Waals surface area contributed by atoms with Crippen LogP contribution in [0.15, 0.2) is 33.8 Å². The summed E-state index contributed by atoms with van der Waals surface area (Å²) in [6.45, 7) is 0.748. The third kappa shape index (κ3) is 3.02. The van der Waals surface area contributed by atoms with E-state index in [1.54, 1.807) is 12.4 Å². The Morgan fingerprint density at radius 2 is 2.33 bits per heavy atom. The van der Waals surface area contributed by atoms with E-state index in [0.717, 1.165) is 23.1 Å². The second-order valence-electron chi connectivity index (χ2n) is 2.92. The zero-order chi connectivity index (χ0) is 10.5. The average Bonchev–Trinajstić information content (AvgIpc) is 2.71. The summed E-state index contributed by atoms with van der Waals surface area (Å²) in [6.07, 6.45) is 5.56. The first kappa shape index (κ1) is 10.1. The van der Waals surface area contributed by atoms with Gasteiger partial charge in [0.15, 0.2) is 5.82 Å². The highest BCUT2D eigenvalue weighted by Crippen LogP contribution is 2.13. The Balaban J connectivity index is 1.83. The Morgan fingerprint density at radius 3 is 3.07 bits per heavy atom. The Kier molecular flexibility index (Phi) is 3.29. The molecule has 2 heterocycles. The maximum Gasteiger partial charge on any atom is 0.213 e. The molecule has 1 N–H and O–H groups in total. The average molecular weight is 269 g/mol. The van der Waals surface area contributed by atoms with Crippen molar-refractivity contribution in [2.45, 2.75) is 6.42 Å². The first-order valence-electron chi connectivity index (χ1n) is 4.44. The Labute approximate surface area is 95.0 Å². The van der Waals surface area contributed by atoms with Crippen LogP contribution in [-0.4, -0.2) is 21.7 Å². The van der Waals surface area contributed by atoms with Crippen LogP contribution >= 0.6 is 15.9 Å². The third-order valence-electron chi connectivity index (χ3n) is 1.79. The molecule has 78 valence electrons. The van der Waals surface area contributed by atoms with E-state index in [0.29, 0.717) is 5.82 Å². The summed E-state index contributed by atoms with van der Waals surface area (Å²) in [7, 11) is 0. The molecule has 6 heteroatoms. The molecular weight excluding hydrogens is 260 g/mol. The molecule has 0 atom stereocenters. The van der Waals surface area contributed by atoms with Gasteiger partial charge in [0.25, 0.3) is 0 Å². The molecule has 2 aromatic rings. The number of pyridine rings is 1. The van der Waals surface area contributed by atoms with Gasteiger partial charge in [-0.05, 0) is 22.0 Å². The first-order chi connectivity index (χ1) is 7.34. The quantitative estimate of drug-likeness (QED) is 0.918. The molecule has 0 amide bonds. The second kappa shape index (κ2) is 4.88. The lowest BCUT2D eigenvalue weighted by molar-refractivity contribution is 0.410. The second-order valence-corrected chi connectivity index (χ2v) is 3.83. The lowest BCUT2D eigenvalue weighted by Crippen LogP contribution is -2.06. The van der Waals surface area contributed by atoms with Crippen LogP contribution in [0.4, 0.5) is 5.69 Å². The smallest absolute Gasteiger partial charge is 0.213 e. The number of anilines is 1. The zero-order valence-corrected chi connectivity index (χ0v) is 9.44. The van der Waals surface area contributed by atoms with E-state index in [-0.39, 0.29) is 0 Å². The van der Waals surface area contributed by atoms with Crippen LogP contribution in [0.3, 0.4) is 0 Å². The summed E-state index contributed by atoms with van der Waals surface area (Å²) in [5.41, 5.74) is 0.966. The molecule has 0 aliphatic carbocycles. The van der Waals surface area contributed by atoms with E-state index in [4.69, 9.17) is 0 Å². The lowest BCUT2D eigenvalue weighted by Gasteiger charge is -2.03. The van der Waals surface area contributed by atoms with Crippen molar-refractivity contribution >= 4 is 21.6 Å². The molecule has 0 saturated carbocycles. The number of nitrogens with one attached hydrogen (secondary N) is 1. The van der Waals surface area contributed by atoms with Crippen molar-refractivity contribution in [3.63, 3.8) is 0 Å². The lowest BCUT2D eigenvalue weighted by atomic mass is 10.3. The molecule has 0 fully saturated rings. The maximum absolute atomic E-state index is 4.63. The topological polar surface area (TPSA) is 63.8 Å². The number of hydrogen-bond donors (Lipinski definition) is 1. The van der Waals surface area contributed by atoms with E-state index in [2.05, 4.69) is 40.9 Å². The number of nitrogens with zero attached hydrogens (tertiary/aromatic N) is 3. The molecule has 0 bridgehead atoms. The van der Waals surface area contributed by atoms with Gasteiger partial charge in [0.1, 0.15) is 0 Å². The Hall–Kier alpha value is -1.43. The van der Waals surface area contributed by atoms with Gasteiger partial charge >= 0.3 is 0 Å². The van der Waals surface area contributed by atoms with Gasteiger partial charge in [-0.3, -0.25) is 4.98 Å². The molecular formula is C9H9BrN4O. The highest BCUT2D eigenvalue weighted by molar-refractivity contribution is 9.10. The molecule has 0 aliphatic heterocycles. The SMILES string of the molecule is Brc1cncc(NCCc2ncon2)c1. The predicted molar refractivity (Wildman–Crippen MR) is 58.4 cm³/mol. The normalized spacial score (nSPS) is 10.2. The fourth-order valence-electron chi connectivity index (χ4n) is 1.13. The van der Waals surface area contributed by atoms with Crippen LogP contribution in [0.25, 0.3) is 0 Å². The Bertz CT molecular complexity index is 418. The fraction of sp³-hybridized carbons (Fsp3) is 0.222. The number of aromatic nitrogens is 3. The summed E-state index contributed by atoms with van der Waals surface area (Å²) < 4.78 is 5.58. The largest absolute Gasteiger partial charge is 0.383 e. The molecule has 2 rings (SSSR count). The number of halogens is 1. The minimum Gasteiger partial charge on any atom is -0.383 e. The summed E-state index contributed by atoms with van der Waals surface area (Å²) in [4.78, 5) is 7.96. The highest BCUT2D eigenvalue weighted by atomic mass is 79.9. The van der Waals surface area contributed by atoms with Crippen molar-refractivity contribution in [2.24, 2.45) is 0 Å². The van der Waals surface area contributed by atoms with Gasteiger partial charge in [-0.25, -0.2) is 0 Å². The van der Waals surface area contributed by atoms with Gasteiger partial charge in [0.2, 0.25) is 6.39 Å². The van der Waals surface area contributed by atoms with Crippen molar-refractivity contribution in [3.8, 4) is 0 Å². The van der Waals surface area contributed by atoms with Gasteiger partial charge in [0, 0.05) is 23.6 Å². The molecule has 0 saturated heterocycles. The van der Waals surface area contributed by atoms with E-state index >= 15 is 0 Å². The van der Waals surface area contributed by atoms with Crippen LogP contribution in [0, 0.1) is 0 Å². The molecule has 15 heavy (non-hydrogen) atoms. The summed E-state index contributed by atoms with van der Waals surface area (Å²) in [5, 5.41) is 6.92. The van der Waals surface area contributed by atoms with Crippen molar-refractivity contribution in [1.82, 2.24) is 15.1 Å². The Morgan fingerprint density at radius 1 is 1.40 bits per heavy atom. The van der Waals surface area contributed by atoms with Gasteiger partial charge in [-0.15, -0.1) is 0 Å². The third-order valence-corrected chi connectivity index (χ3v) is 2.22. The van der Waals surface area contributed by atoms with Crippen molar-refractivity contribution in [2.75, 3.05) is 11.9 Å². The van der Waals surface area contributed by atoms with Gasteiger partial charge < -0.3 is 9.84 Å². The van der Waals surface area contributed by atoms with E-state index in [9.17, 15) is 0 Å². The van der Waals surface area contributed by atoms with Crippen LogP contribution in [0.5, 0.6) is 0 Å². The van der Waals surface area contributed by atoms with Gasteiger partial charge in [0.05, 0.1) is 11.9 Å². The van der Waals surface area contributed by atoms with Crippen LogP contribution < -0.4 is 5.32 Å². The summed E-state index contributed by atoms with van der Waals surface area (Å²) in [5.74, 6) is 0.699. The fourth-order valence-corrected chi connectivity index (χ4v) is 1.49. The van der Waals surface area contributed by atoms with Gasteiger partial charge in [-0.2, -0.15) is 4.98 Å². The van der Waals surface area contributed by atoms with Gasteiger partial charge in [-0.1, -0.05) is 5.16 Å². The molecule has 2 aromatic heterocycles. The highest BCUT2D eigenvalue weighted by Gasteiger charge is 1.98. The molecule has 0 spiro atoms. The minimum absolute atomic E-state index is 0.699. The van der Waals surface area contributed by atoms with Crippen molar-refractivity contribution in [3.05, 3.63) is 35.2 Å². The zero-order valence-electron chi connectivity index (χ0n) is 7.85. The molecule has 0 unspecified atom stereocenters. The number of hydrogen-bond acceptors (Lipinski definition) is 5. The molecule has 5 nitrogen and oxygen atoms in total. The molecule has 0 aliphatic rings. The first-order valence-corrected chi connectivity index (χ1v) is 5.23. The van der Waals surface area contributed by atoms with Crippen LogP contribution in [-0.2, 0) is 6.42 Å². The van der Waals surface area contributed by atoms with Crippen molar-refractivity contribution in [1.29, 1.82) is 0 Å². The minimum atomic E-state index is 0.699. The van der Waals surface area contributed by atoms with E-state index < -0.39 is 0 Å². The molecule has 0 radical (unpaired) electrons. The summed E-state index contributed by atoms with van der Waals surface area (Å²) >= 11 is 3.35. The standard InChI is InChI=1S/C9H9BrN4O/c10-7-3-8(5-11-4-7)12-2-1-9-13-6-15-14-9/h3-6,12H,1-2H2. The van der Waals surface area contributed by atoms with E-state index in [1.165, 1.54) is 6.39 Å².